The highest BCUT2D eigenvalue weighted by molar-refractivity contribution is 5.02. The Hall–Kier alpha value is -0.300. The van der Waals surface area contributed by atoms with E-state index in [-0.39, 0.29) is 6.10 Å². The molecule has 0 aliphatic heterocycles. The summed E-state index contributed by atoms with van der Waals surface area (Å²) >= 11 is 0. The van der Waals surface area contributed by atoms with Crippen molar-refractivity contribution < 1.29 is 5.11 Å². The van der Waals surface area contributed by atoms with Crippen molar-refractivity contribution in [2.75, 3.05) is 0 Å². The second-order valence-corrected chi connectivity index (χ2v) is 3.07. The van der Waals surface area contributed by atoms with Gasteiger partial charge in [-0.05, 0) is 32.6 Å². The van der Waals surface area contributed by atoms with Crippen molar-refractivity contribution in [3.63, 3.8) is 0 Å². The molecule has 1 heteroatoms. The van der Waals surface area contributed by atoms with Crippen molar-refractivity contribution in [3.8, 4) is 0 Å². The van der Waals surface area contributed by atoms with Crippen LogP contribution in [-0.4, -0.2) is 11.2 Å². The average Bonchev–Trinajstić information content (AvgIpc) is 2.40. The fraction of sp³-hybridized carbons (Fsp3) is 0.750. The first-order valence-electron chi connectivity index (χ1n) is 3.53. The molecule has 1 fully saturated rings. The number of aliphatic hydroxyl groups excluding tert-OH is 1. The van der Waals surface area contributed by atoms with Crippen LogP contribution in [0.3, 0.4) is 0 Å². The summed E-state index contributed by atoms with van der Waals surface area (Å²) in [5, 5.41) is 9.28. The van der Waals surface area contributed by atoms with Gasteiger partial charge in [-0.15, -0.1) is 0 Å². The Morgan fingerprint density at radius 3 is 2.44 bits per heavy atom. The maximum atomic E-state index is 9.28. The first-order chi connectivity index (χ1) is 4.20. The molecule has 0 saturated heterocycles. The molecule has 0 amide bonds. The quantitative estimate of drug-likeness (QED) is 0.558. The largest absolute Gasteiger partial charge is 0.389 e. The second kappa shape index (κ2) is 2.53. The van der Waals surface area contributed by atoms with Crippen molar-refractivity contribution >= 4 is 0 Å². The molecule has 1 saturated carbocycles. The van der Waals surface area contributed by atoms with E-state index in [1.807, 2.05) is 19.9 Å². The van der Waals surface area contributed by atoms with E-state index in [0.717, 1.165) is 0 Å². The van der Waals surface area contributed by atoms with Crippen LogP contribution >= 0.6 is 0 Å². The van der Waals surface area contributed by atoms with Crippen LogP contribution in [0.2, 0.25) is 0 Å². The van der Waals surface area contributed by atoms with Gasteiger partial charge in [-0.25, -0.2) is 0 Å². The Labute approximate surface area is 56.4 Å². The first kappa shape index (κ1) is 6.81. The zero-order chi connectivity index (χ0) is 6.85. The molecule has 1 rings (SSSR count). The van der Waals surface area contributed by atoms with Crippen LogP contribution in [0, 0.1) is 5.92 Å². The van der Waals surface area contributed by atoms with E-state index in [2.05, 4.69) is 0 Å². The molecular weight excluding hydrogens is 112 g/mol. The third kappa shape index (κ3) is 2.19. The van der Waals surface area contributed by atoms with E-state index in [0.29, 0.717) is 5.92 Å². The Morgan fingerprint density at radius 2 is 2.11 bits per heavy atom. The molecule has 1 unspecified atom stereocenters. The van der Waals surface area contributed by atoms with Crippen LogP contribution in [0.4, 0.5) is 0 Å². The minimum Gasteiger partial charge on any atom is -0.389 e. The van der Waals surface area contributed by atoms with Gasteiger partial charge in [0.05, 0.1) is 6.10 Å². The van der Waals surface area contributed by atoms with Crippen molar-refractivity contribution in [2.45, 2.75) is 32.8 Å². The van der Waals surface area contributed by atoms with Gasteiger partial charge in [0.15, 0.2) is 0 Å². The van der Waals surface area contributed by atoms with Crippen LogP contribution in [0.25, 0.3) is 0 Å². The van der Waals surface area contributed by atoms with Gasteiger partial charge >= 0.3 is 0 Å². The SMILES string of the molecule is CC(C)=CC(O)C1CC1. The second-order valence-electron chi connectivity index (χ2n) is 3.07. The molecule has 1 nitrogen and oxygen atoms in total. The van der Waals surface area contributed by atoms with Gasteiger partial charge < -0.3 is 5.11 Å². The molecule has 0 aromatic heterocycles. The predicted molar refractivity (Wildman–Crippen MR) is 38.2 cm³/mol. The lowest BCUT2D eigenvalue weighted by Crippen LogP contribution is -2.04. The normalized spacial score (nSPS) is 21.2. The van der Waals surface area contributed by atoms with Gasteiger partial charge in [-0.2, -0.15) is 0 Å². The number of aliphatic hydroxyl groups is 1. The summed E-state index contributed by atoms with van der Waals surface area (Å²) < 4.78 is 0. The van der Waals surface area contributed by atoms with E-state index in [1.54, 1.807) is 0 Å². The Kier molecular flexibility index (Phi) is 1.91. The molecule has 0 aromatic rings. The summed E-state index contributed by atoms with van der Waals surface area (Å²) in [7, 11) is 0. The lowest BCUT2D eigenvalue weighted by atomic mass is 10.2. The highest BCUT2D eigenvalue weighted by Gasteiger charge is 2.27. The highest BCUT2D eigenvalue weighted by Crippen LogP contribution is 2.33. The smallest absolute Gasteiger partial charge is 0.0751 e. The molecule has 9 heavy (non-hydrogen) atoms. The van der Waals surface area contributed by atoms with Crippen molar-refractivity contribution in [1.29, 1.82) is 0 Å². The van der Waals surface area contributed by atoms with Gasteiger partial charge in [0.25, 0.3) is 0 Å². The van der Waals surface area contributed by atoms with Crippen molar-refractivity contribution in [1.82, 2.24) is 0 Å². The fourth-order valence-corrected chi connectivity index (χ4v) is 0.915. The zero-order valence-corrected chi connectivity index (χ0v) is 6.09. The predicted octanol–water partition coefficient (Wildman–Crippen LogP) is 1.72. The minimum atomic E-state index is -0.157. The molecule has 0 heterocycles. The highest BCUT2D eigenvalue weighted by atomic mass is 16.3. The maximum absolute atomic E-state index is 9.28. The molecule has 0 aromatic carbocycles. The fourth-order valence-electron chi connectivity index (χ4n) is 0.915. The van der Waals surface area contributed by atoms with Crippen molar-refractivity contribution in [2.24, 2.45) is 5.92 Å². The summed E-state index contributed by atoms with van der Waals surface area (Å²) in [5.41, 5.74) is 1.22. The number of hydrogen-bond acceptors (Lipinski definition) is 1. The molecule has 0 spiro atoms. The summed E-state index contributed by atoms with van der Waals surface area (Å²) in [6.07, 6.45) is 4.21. The van der Waals surface area contributed by atoms with Gasteiger partial charge in [0.2, 0.25) is 0 Å². The van der Waals surface area contributed by atoms with E-state index in [1.165, 1.54) is 18.4 Å². The standard InChI is InChI=1S/C8H14O/c1-6(2)5-8(9)7-3-4-7/h5,7-9H,3-4H2,1-2H3. The van der Waals surface area contributed by atoms with Crippen LogP contribution < -0.4 is 0 Å². The maximum Gasteiger partial charge on any atom is 0.0751 e. The molecule has 52 valence electrons. The number of allylic oxidation sites excluding steroid dienone is 1. The molecule has 1 N–H and O–H groups in total. The molecular formula is C8H14O. The first-order valence-corrected chi connectivity index (χ1v) is 3.53. The Bertz CT molecular complexity index is 119. The Morgan fingerprint density at radius 1 is 1.56 bits per heavy atom. The minimum absolute atomic E-state index is 0.157. The molecule has 1 aliphatic rings. The van der Waals surface area contributed by atoms with E-state index in [9.17, 15) is 5.11 Å². The molecule has 1 atom stereocenters. The monoisotopic (exact) mass is 126 g/mol. The van der Waals surface area contributed by atoms with Crippen LogP contribution in [0.15, 0.2) is 11.6 Å². The summed E-state index contributed by atoms with van der Waals surface area (Å²) in [6, 6.07) is 0. The lowest BCUT2D eigenvalue weighted by Gasteiger charge is -2.01. The van der Waals surface area contributed by atoms with Crippen LogP contribution in [0.1, 0.15) is 26.7 Å². The number of rotatable bonds is 2. The van der Waals surface area contributed by atoms with E-state index >= 15 is 0 Å². The summed E-state index contributed by atoms with van der Waals surface area (Å²) in [6.45, 7) is 4.04. The number of hydrogen-bond donors (Lipinski definition) is 1. The van der Waals surface area contributed by atoms with Crippen LogP contribution in [-0.2, 0) is 0 Å². The van der Waals surface area contributed by atoms with Crippen LogP contribution in [0.5, 0.6) is 0 Å². The van der Waals surface area contributed by atoms with Gasteiger partial charge in [-0.1, -0.05) is 11.6 Å². The van der Waals surface area contributed by atoms with E-state index in [4.69, 9.17) is 0 Å². The topological polar surface area (TPSA) is 20.2 Å². The van der Waals surface area contributed by atoms with Gasteiger partial charge in [0.1, 0.15) is 0 Å². The van der Waals surface area contributed by atoms with Crippen molar-refractivity contribution in [3.05, 3.63) is 11.6 Å². The third-order valence-corrected chi connectivity index (χ3v) is 1.61. The van der Waals surface area contributed by atoms with E-state index < -0.39 is 0 Å². The van der Waals surface area contributed by atoms with Gasteiger partial charge in [0, 0.05) is 0 Å². The lowest BCUT2D eigenvalue weighted by molar-refractivity contribution is 0.199. The zero-order valence-electron chi connectivity index (χ0n) is 6.09. The molecule has 1 aliphatic carbocycles. The van der Waals surface area contributed by atoms with Gasteiger partial charge in [-0.3, -0.25) is 0 Å². The summed E-state index contributed by atoms with van der Waals surface area (Å²) in [5.74, 6) is 0.583. The average molecular weight is 126 g/mol. The Balaban J connectivity index is 2.33. The third-order valence-electron chi connectivity index (χ3n) is 1.61. The summed E-state index contributed by atoms with van der Waals surface area (Å²) in [4.78, 5) is 0. The molecule has 0 radical (unpaired) electrons. The molecule has 0 bridgehead atoms.